The highest BCUT2D eigenvalue weighted by molar-refractivity contribution is 6.11. The van der Waals surface area contributed by atoms with Crippen LogP contribution in [0.1, 0.15) is 28.5 Å². The zero-order chi connectivity index (χ0) is 27.6. The van der Waals surface area contributed by atoms with Gasteiger partial charge in [-0.15, -0.1) is 0 Å². The van der Waals surface area contributed by atoms with E-state index in [1.54, 1.807) is 17.7 Å². The number of Topliss-reactive ketones (excluding diaryl/α,β-unsaturated/α-hetero) is 1. The zero-order valence-corrected chi connectivity index (χ0v) is 22.1. The number of hydrogen-bond acceptors (Lipinski definition) is 6. The van der Waals surface area contributed by atoms with Crippen molar-refractivity contribution in [2.45, 2.75) is 20.0 Å². The van der Waals surface area contributed by atoms with E-state index in [1.165, 1.54) is 6.08 Å². The minimum Gasteiger partial charge on any atom is -0.486 e. The molecular weight excluding hydrogens is 506 g/mol. The van der Waals surface area contributed by atoms with Crippen LogP contribution in [0.15, 0.2) is 85.1 Å². The van der Waals surface area contributed by atoms with E-state index >= 15 is 0 Å². The van der Waals surface area contributed by atoms with E-state index in [1.807, 2.05) is 85.9 Å². The molecule has 1 aliphatic heterocycles. The van der Waals surface area contributed by atoms with Crippen molar-refractivity contribution in [1.29, 1.82) is 0 Å². The van der Waals surface area contributed by atoms with Crippen molar-refractivity contribution in [3.05, 3.63) is 102 Å². The molecule has 1 aliphatic rings. The summed E-state index contributed by atoms with van der Waals surface area (Å²) in [5.41, 5.74) is 5.17. The van der Waals surface area contributed by atoms with Gasteiger partial charge < -0.3 is 19.2 Å². The summed E-state index contributed by atoms with van der Waals surface area (Å²) in [6, 6.07) is 22.9. The molecule has 0 spiro atoms. The Balaban J connectivity index is 1.26. The summed E-state index contributed by atoms with van der Waals surface area (Å²) < 4.78 is 18.7. The first kappa shape index (κ1) is 25.2. The van der Waals surface area contributed by atoms with Gasteiger partial charge in [-0.05, 0) is 56.3 Å². The molecule has 0 aliphatic carbocycles. The third kappa shape index (κ3) is 4.87. The van der Waals surface area contributed by atoms with Crippen LogP contribution in [0.25, 0.3) is 33.9 Å². The number of ketones is 1. The maximum Gasteiger partial charge on any atom is 0.331 e. The highest BCUT2D eigenvalue weighted by atomic mass is 16.6. The highest BCUT2D eigenvalue weighted by Crippen LogP contribution is 2.35. The fourth-order valence-corrected chi connectivity index (χ4v) is 4.86. The molecule has 0 bridgehead atoms. The molecule has 0 saturated heterocycles. The molecule has 0 saturated carbocycles. The second kappa shape index (κ2) is 10.6. The summed E-state index contributed by atoms with van der Waals surface area (Å²) >= 11 is 0. The van der Waals surface area contributed by atoms with Crippen LogP contribution in [0.5, 0.6) is 11.5 Å². The largest absolute Gasteiger partial charge is 0.486 e. The monoisotopic (exact) mass is 533 g/mol. The number of nitrogens with one attached hydrogen (secondary N) is 1. The molecule has 0 fully saturated rings. The number of rotatable bonds is 7. The smallest absolute Gasteiger partial charge is 0.331 e. The topological polar surface area (TPSA) is 95.4 Å². The third-order valence-corrected chi connectivity index (χ3v) is 6.78. The molecule has 2 aromatic heterocycles. The van der Waals surface area contributed by atoms with Gasteiger partial charge in [0.2, 0.25) is 5.78 Å². The Morgan fingerprint density at radius 3 is 2.58 bits per heavy atom. The summed E-state index contributed by atoms with van der Waals surface area (Å²) in [6.07, 6.45) is 3.85. The van der Waals surface area contributed by atoms with Crippen LogP contribution in [0.3, 0.4) is 0 Å². The van der Waals surface area contributed by atoms with E-state index in [4.69, 9.17) is 19.3 Å². The van der Waals surface area contributed by atoms with Gasteiger partial charge in [0.1, 0.15) is 18.9 Å². The lowest BCUT2D eigenvalue weighted by Crippen LogP contribution is -2.24. The van der Waals surface area contributed by atoms with Crippen molar-refractivity contribution >= 4 is 28.7 Å². The molecule has 1 N–H and O–H groups in total. The van der Waals surface area contributed by atoms with Crippen LogP contribution in [0.4, 0.5) is 0 Å². The minimum atomic E-state index is -0.959. The van der Waals surface area contributed by atoms with Crippen molar-refractivity contribution in [2.24, 2.45) is 0 Å². The second-order valence-corrected chi connectivity index (χ2v) is 9.52. The van der Waals surface area contributed by atoms with Crippen LogP contribution < -0.4 is 9.47 Å². The summed E-state index contributed by atoms with van der Waals surface area (Å²) in [6.45, 7) is 4.41. The molecule has 3 aromatic carbocycles. The van der Waals surface area contributed by atoms with Crippen molar-refractivity contribution in [3.63, 3.8) is 0 Å². The fraction of sp³-hybridized carbons (Fsp3) is 0.156. The van der Waals surface area contributed by atoms with Crippen molar-refractivity contribution < 1.29 is 23.8 Å². The summed E-state index contributed by atoms with van der Waals surface area (Å²) in [4.78, 5) is 29.3. The van der Waals surface area contributed by atoms with Crippen molar-refractivity contribution in [2.75, 3.05) is 13.2 Å². The molecule has 3 heterocycles. The van der Waals surface area contributed by atoms with Gasteiger partial charge in [-0.3, -0.25) is 4.79 Å². The zero-order valence-electron chi connectivity index (χ0n) is 22.1. The molecule has 8 heteroatoms. The number of ether oxygens (including phenoxy) is 3. The number of H-pyrrole nitrogens is 1. The second-order valence-electron chi connectivity index (χ2n) is 9.52. The number of fused-ring (bicyclic) bond motifs is 2. The number of carbonyl (C=O) groups is 2. The molecular formula is C32H27N3O5. The van der Waals surface area contributed by atoms with Crippen molar-refractivity contribution in [3.8, 4) is 28.4 Å². The number of para-hydroxylation sites is 2. The SMILES string of the molecule is Cc1[nH]c2ccccc2c1C(=O)[C@@H](C)OC(=O)/C=C/c1cn(-c2ccccc2)nc1-c1ccc2c(c1)OCCO2. The number of esters is 1. The number of benzene rings is 3. The van der Waals surface area contributed by atoms with E-state index in [2.05, 4.69) is 4.98 Å². The van der Waals surface area contributed by atoms with Gasteiger partial charge in [-0.1, -0.05) is 36.4 Å². The van der Waals surface area contributed by atoms with Gasteiger partial charge in [0.25, 0.3) is 0 Å². The van der Waals surface area contributed by atoms with Crippen LogP contribution in [0, 0.1) is 6.92 Å². The molecule has 0 unspecified atom stereocenters. The number of carbonyl (C=O) groups excluding carboxylic acids is 2. The Morgan fingerprint density at radius 1 is 1.00 bits per heavy atom. The molecule has 0 amide bonds. The standard InChI is InChI=1S/C32H27N3O5/c1-20-30(25-10-6-7-11-26(25)33-20)32(37)21(2)40-29(36)15-13-23-19-35(24-8-4-3-5-9-24)34-31(23)22-12-14-27-28(18-22)39-17-16-38-27/h3-15,18-19,21,33H,16-17H2,1-2H3/b15-13+/t21-/m1/s1. The number of nitrogens with zero attached hydrogens (tertiary/aromatic N) is 2. The van der Waals surface area contributed by atoms with E-state index in [-0.39, 0.29) is 5.78 Å². The molecule has 8 nitrogen and oxygen atoms in total. The van der Waals surface area contributed by atoms with Crippen LogP contribution >= 0.6 is 0 Å². The molecule has 0 radical (unpaired) electrons. The minimum absolute atomic E-state index is 0.259. The maximum atomic E-state index is 13.2. The first-order valence-corrected chi connectivity index (χ1v) is 13.0. The Bertz CT molecular complexity index is 1750. The highest BCUT2D eigenvalue weighted by Gasteiger charge is 2.24. The van der Waals surface area contributed by atoms with Crippen LogP contribution in [0.2, 0.25) is 0 Å². The number of hydrogen-bond donors (Lipinski definition) is 1. The van der Waals surface area contributed by atoms with E-state index in [0.29, 0.717) is 41.5 Å². The molecule has 200 valence electrons. The molecule has 6 rings (SSSR count). The number of aromatic amines is 1. The summed E-state index contributed by atoms with van der Waals surface area (Å²) in [5.74, 6) is 0.444. The molecule has 1 atom stereocenters. The van der Waals surface area contributed by atoms with Gasteiger partial charge in [0.05, 0.1) is 5.69 Å². The molecule has 5 aromatic rings. The maximum absolute atomic E-state index is 13.2. The van der Waals surface area contributed by atoms with Gasteiger partial charge in [0, 0.05) is 45.6 Å². The number of aromatic nitrogens is 3. The van der Waals surface area contributed by atoms with Crippen LogP contribution in [-0.4, -0.2) is 45.8 Å². The normalized spacial score (nSPS) is 13.4. The van der Waals surface area contributed by atoms with E-state index in [9.17, 15) is 9.59 Å². The number of aryl methyl sites for hydroxylation is 1. The predicted molar refractivity (Wildman–Crippen MR) is 152 cm³/mol. The third-order valence-electron chi connectivity index (χ3n) is 6.78. The van der Waals surface area contributed by atoms with E-state index in [0.717, 1.165) is 27.8 Å². The Hall–Kier alpha value is -5.11. The first-order chi connectivity index (χ1) is 19.5. The lowest BCUT2D eigenvalue weighted by atomic mass is 10.0. The fourth-order valence-electron chi connectivity index (χ4n) is 4.86. The van der Waals surface area contributed by atoms with Crippen molar-refractivity contribution in [1.82, 2.24) is 14.8 Å². The first-order valence-electron chi connectivity index (χ1n) is 13.0. The molecule has 40 heavy (non-hydrogen) atoms. The lowest BCUT2D eigenvalue weighted by Gasteiger charge is -2.18. The van der Waals surface area contributed by atoms with E-state index < -0.39 is 12.1 Å². The Labute approximate surface area is 230 Å². The average molecular weight is 534 g/mol. The van der Waals surface area contributed by atoms with Gasteiger partial charge >= 0.3 is 5.97 Å². The van der Waals surface area contributed by atoms with Crippen LogP contribution in [-0.2, 0) is 9.53 Å². The Kier molecular flexibility index (Phi) is 6.66. The van der Waals surface area contributed by atoms with Gasteiger partial charge in [-0.2, -0.15) is 5.10 Å². The van der Waals surface area contributed by atoms with Gasteiger partial charge in [0.15, 0.2) is 17.6 Å². The lowest BCUT2D eigenvalue weighted by molar-refractivity contribution is -0.140. The quantitative estimate of drug-likeness (QED) is 0.158. The summed E-state index contributed by atoms with van der Waals surface area (Å²) in [5, 5.41) is 5.60. The average Bonchev–Trinajstić information content (AvgIpc) is 3.56. The summed E-state index contributed by atoms with van der Waals surface area (Å²) in [7, 11) is 0. The van der Waals surface area contributed by atoms with Gasteiger partial charge in [-0.25, -0.2) is 9.48 Å². The predicted octanol–water partition coefficient (Wildman–Crippen LogP) is 5.93. The Morgan fingerprint density at radius 2 is 1.75 bits per heavy atom.